The van der Waals surface area contributed by atoms with Crippen LogP contribution in [0.1, 0.15) is 79.8 Å². The van der Waals surface area contributed by atoms with Crippen molar-refractivity contribution in [3.8, 4) is 0 Å². The molecular weight excluding hydrogens is 882 g/mol. The first kappa shape index (κ1) is 50.7. The number of nitrogens with zero attached hydrogens (tertiary/aromatic N) is 4. The van der Waals surface area contributed by atoms with Gasteiger partial charge in [0.25, 0.3) is 11.8 Å². The maximum absolute atomic E-state index is 13.8. The van der Waals surface area contributed by atoms with Crippen LogP contribution < -0.4 is 49.1 Å². The van der Waals surface area contributed by atoms with Gasteiger partial charge >= 0.3 is 0 Å². The lowest BCUT2D eigenvalue weighted by Crippen LogP contribution is -2.24. The van der Waals surface area contributed by atoms with Crippen LogP contribution in [-0.4, -0.2) is 95.4 Å². The molecule has 3 rings (SSSR count). The number of aromatic nitrogens is 2. The number of nitrogens with one attached hydrogen (secondary N) is 6. The first-order valence-electron chi connectivity index (χ1n) is 19.4. The second kappa shape index (κ2) is 27.3. The number of nitrogens with two attached hydrogens (primary N) is 3. The minimum Gasteiger partial charge on any atom is -0.388 e. The van der Waals surface area contributed by atoms with Gasteiger partial charge in [-0.05, 0) is 56.9 Å². The largest absolute Gasteiger partial charge is 0.388 e. The van der Waals surface area contributed by atoms with Crippen molar-refractivity contribution in [2.75, 3.05) is 59.0 Å². The molecule has 0 atom stereocenters. The van der Waals surface area contributed by atoms with Gasteiger partial charge in [-0.25, -0.2) is 9.97 Å². The number of rotatable bonds is 26. The molecule has 1 heterocycles. The van der Waals surface area contributed by atoms with E-state index in [2.05, 4.69) is 51.9 Å². The summed E-state index contributed by atoms with van der Waals surface area (Å²) < 4.78 is 0. The van der Waals surface area contributed by atoms with Gasteiger partial charge in [0.15, 0.2) is 5.96 Å². The van der Waals surface area contributed by atoms with Crippen LogP contribution in [0.4, 0.5) is 22.7 Å². The summed E-state index contributed by atoms with van der Waals surface area (Å²) in [6, 6.07) is 7.30. The first-order chi connectivity index (χ1) is 29.7. The number of unbranched alkanes of at least 4 members (excludes halogenated alkanes) is 2. The molecular formula is C39H51Cl2N13O6S2. The number of aliphatic imine (C=N–C) groups is 2. The molecule has 0 aliphatic carbocycles. The van der Waals surface area contributed by atoms with E-state index in [-0.39, 0.29) is 69.3 Å². The molecule has 0 saturated carbocycles. The van der Waals surface area contributed by atoms with Gasteiger partial charge in [0.05, 0.1) is 38.4 Å². The fourth-order valence-electron chi connectivity index (χ4n) is 5.27. The molecule has 0 fully saturated rings. The number of hydrogen-bond acceptors (Lipinski definition) is 12. The second-order valence-electron chi connectivity index (χ2n) is 13.2. The van der Waals surface area contributed by atoms with E-state index >= 15 is 0 Å². The van der Waals surface area contributed by atoms with Crippen molar-refractivity contribution in [2.45, 2.75) is 68.6 Å². The zero-order valence-electron chi connectivity index (χ0n) is 34.3. The molecule has 0 unspecified atom stereocenters. The Bertz CT molecular complexity index is 2120. The quantitative estimate of drug-likeness (QED) is 0.0175. The van der Waals surface area contributed by atoms with Crippen molar-refractivity contribution < 1.29 is 28.8 Å². The minimum absolute atomic E-state index is 0.0330. The number of carbonyl (C=O) groups is 6. The van der Waals surface area contributed by atoms with E-state index in [1.165, 1.54) is 41.7 Å². The fourth-order valence-corrected chi connectivity index (χ4v) is 7.60. The maximum Gasteiger partial charge on any atom is 0.274 e. The van der Waals surface area contributed by atoms with Crippen LogP contribution in [0.2, 0.25) is 10.0 Å². The Kier molecular flexibility index (Phi) is 22.4. The molecule has 23 heteroatoms. The molecule has 0 spiro atoms. The third-order valence-corrected chi connectivity index (χ3v) is 10.8. The highest BCUT2D eigenvalue weighted by Gasteiger charge is 2.21. The normalized spacial score (nSPS) is 10.9. The van der Waals surface area contributed by atoms with Gasteiger partial charge in [-0.15, -0.1) is 23.5 Å². The van der Waals surface area contributed by atoms with E-state index in [1.54, 1.807) is 26.0 Å². The smallest absolute Gasteiger partial charge is 0.274 e. The highest BCUT2D eigenvalue weighted by atomic mass is 35.5. The van der Waals surface area contributed by atoms with Crippen molar-refractivity contribution >= 4 is 117 Å². The Labute approximate surface area is 377 Å². The molecule has 3 aromatic rings. The molecule has 19 nitrogen and oxygen atoms in total. The number of anilines is 4. The lowest BCUT2D eigenvalue weighted by Gasteiger charge is -2.17. The van der Waals surface area contributed by atoms with Gasteiger partial charge in [-0.2, -0.15) is 0 Å². The number of carbonyl (C=O) groups excluding carboxylic acids is 6. The average Bonchev–Trinajstić information content (AvgIpc) is 3.21. The highest BCUT2D eigenvalue weighted by Crippen LogP contribution is 2.39. The summed E-state index contributed by atoms with van der Waals surface area (Å²) in [5, 5.41) is 17.1. The summed E-state index contributed by atoms with van der Waals surface area (Å²) in [4.78, 5) is 93.3. The zero-order valence-corrected chi connectivity index (χ0v) is 37.4. The van der Waals surface area contributed by atoms with Crippen molar-refractivity contribution in [1.29, 1.82) is 0 Å². The summed E-state index contributed by atoms with van der Waals surface area (Å²) in [5.41, 5.74) is 17.1. The molecule has 62 heavy (non-hydrogen) atoms. The van der Waals surface area contributed by atoms with E-state index < -0.39 is 11.8 Å². The zero-order chi connectivity index (χ0) is 45.4. The summed E-state index contributed by atoms with van der Waals surface area (Å²) in [5.74, 6) is -0.988. The van der Waals surface area contributed by atoms with E-state index in [9.17, 15) is 28.8 Å². The third-order valence-electron chi connectivity index (χ3n) is 8.13. The van der Waals surface area contributed by atoms with Crippen LogP contribution in [0.25, 0.3) is 0 Å². The van der Waals surface area contributed by atoms with Crippen molar-refractivity contribution in [2.24, 2.45) is 27.2 Å². The van der Waals surface area contributed by atoms with Crippen LogP contribution in [0, 0.1) is 0 Å². The maximum atomic E-state index is 13.8. The molecule has 6 amide bonds. The Morgan fingerprint density at radius 2 is 1.15 bits per heavy atom. The van der Waals surface area contributed by atoms with Gasteiger partial charge in [0.1, 0.15) is 17.7 Å². The molecule has 0 bridgehead atoms. The van der Waals surface area contributed by atoms with Crippen LogP contribution in [-0.2, 0) is 19.2 Å². The molecule has 2 aromatic carbocycles. The Morgan fingerprint density at radius 3 is 1.60 bits per heavy atom. The number of thioether (sulfide) groups is 2. The average molecular weight is 933 g/mol. The molecule has 1 aromatic heterocycles. The molecule has 0 aliphatic heterocycles. The first-order valence-corrected chi connectivity index (χ1v) is 22.2. The van der Waals surface area contributed by atoms with Crippen LogP contribution in [0.15, 0.2) is 56.4 Å². The Hall–Kier alpha value is -5.64. The second-order valence-corrected chi connectivity index (χ2v) is 16.3. The molecule has 0 radical (unpaired) electrons. The van der Waals surface area contributed by atoms with Crippen LogP contribution >= 0.6 is 46.7 Å². The molecule has 0 aliphatic rings. The fraction of sp³-hybridized carbons (Fsp3) is 0.385. The Balaban J connectivity index is 1.86. The SMILES string of the molecule is CCC(=O)NCCSc1c(NC(=O)CCCCN=C(N)N)cc(Cl)cc1NC(=O)c1cc(C(=O)Nc2cc(Cl)cc(NC(=O)CCCCN=C(C)N)c2SCCNC=O)ncn1. The Morgan fingerprint density at radius 1 is 0.677 bits per heavy atom. The van der Waals surface area contributed by atoms with Crippen molar-refractivity contribution in [3.05, 3.63) is 58.1 Å². The highest BCUT2D eigenvalue weighted by molar-refractivity contribution is 7.99. The molecule has 0 saturated heterocycles. The van der Waals surface area contributed by atoms with Gasteiger partial charge in [-0.1, -0.05) is 30.1 Å². The molecule has 334 valence electrons. The van der Waals surface area contributed by atoms with Gasteiger partial charge in [-0.3, -0.25) is 38.8 Å². The summed E-state index contributed by atoms with van der Waals surface area (Å²) in [6.07, 6.45) is 4.56. The molecule has 12 N–H and O–H groups in total. The lowest BCUT2D eigenvalue weighted by molar-refractivity contribution is -0.120. The topological polar surface area (TPSA) is 303 Å². The van der Waals surface area contributed by atoms with Crippen molar-refractivity contribution in [3.63, 3.8) is 0 Å². The van der Waals surface area contributed by atoms with E-state index in [1.807, 2.05) is 0 Å². The number of halogens is 2. The van der Waals surface area contributed by atoms with Gasteiger partial charge < -0.3 is 49.1 Å². The number of amides is 6. The monoisotopic (exact) mass is 931 g/mol. The number of amidine groups is 1. The predicted molar refractivity (Wildman–Crippen MR) is 247 cm³/mol. The van der Waals surface area contributed by atoms with E-state index in [0.717, 1.165) is 6.33 Å². The lowest BCUT2D eigenvalue weighted by atomic mass is 10.2. The minimum atomic E-state index is -0.724. The standard InChI is InChI=1S/C39H51Cl2N13O6S2/c1-3-32(56)47-13-15-62-36-27(52-34(58)9-5-7-11-48-39(43)44)17-25(41)19-29(36)54-38(60)31-20-30(49-21-50-31)37(59)53-28-18-24(40)16-26(35(28)61-14-12-45-22-55)51-33(57)8-4-6-10-46-23(2)42/h16-22H,3-15H2,1-2H3,(H2,42,46)(H,45,55)(H,47,56)(H,51,57)(H,52,58)(H,53,59)(H,54,60)(H4,43,44,48). The number of guanidine groups is 1. The van der Waals surface area contributed by atoms with Crippen molar-refractivity contribution in [1.82, 2.24) is 20.6 Å². The van der Waals surface area contributed by atoms with Gasteiger partial charge in [0, 0.05) is 73.1 Å². The third kappa shape index (κ3) is 18.5. The number of benzene rings is 2. The van der Waals surface area contributed by atoms with Crippen LogP contribution in [0.3, 0.4) is 0 Å². The predicted octanol–water partition coefficient (Wildman–Crippen LogP) is 4.61. The summed E-state index contributed by atoms with van der Waals surface area (Å²) in [6.45, 7) is 4.89. The summed E-state index contributed by atoms with van der Waals surface area (Å²) in [7, 11) is 0. The van der Waals surface area contributed by atoms with Crippen LogP contribution in [0.5, 0.6) is 0 Å². The summed E-state index contributed by atoms with van der Waals surface area (Å²) >= 11 is 15.5. The number of hydrogen-bond donors (Lipinski definition) is 9. The van der Waals surface area contributed by atoms with E-state index in [4.69, 9.17) is 40.4 Å². The van der Waals surface area contributed by atoms with Gasteiger partial charge in [0.2, 0.25) is 24.1 Å². The van der Waals surface area contributed by atoms with E-state index in [0.29, 0.717) is 103 Å².